The van der Waals surface area contributed by atoms with Gasteiger partial charge < -0.3 is 9.84 Å². The van der Waals surface area contributed by atoms with Crippen molar-refractivity contribution in [2.75, 3.05) is 7.11 Å². The normalized spacial score (nSPS) is 11.4. The zero-order valence-electron chi connectivity index (χ0n) is 11.6. The van der Waals surface area contributed by atoms with Gasteiger partial charge in [0.25, 0.3) is 0 Å². The summed E-state index contributed by atoms with van der Waals surface area (Å²) in [5.41, 5.74) is 2.22. The molecule has 4 heteroatoms. The van der Waals surface area contributed by atoms with E-state index in [1.54, 1.807) is 21.0 Å². The van der Waals surface area contributed by atoms with Gasteiger partial charge in [0.15, 0.2) is 0 Å². The van der Waals surface area contributed by atoms with Gasteiger partial charge in [0, 0.05) is 12.1 Å². The van der Waals surface area contributed by atoms with Gasteiger partial charge in [-0.15, -0.1) is 0 Å². The van der Waals surface area contributed by atoms with Crippen LogP contribution in [0.5, 0.6) is 5.75 Å². The standard InChI is InChI=1S/C14H21NO3/c1-9-6-10(2)12(18-5)11(7-9)8-15-14(3,4)13(16)17/h6-7,15H,8H2,1-5H3,(H,16,17). The number of carboxylic acid groups (broad SMARTS) is 1. The quantitative estimate of drug-likeness (QED) is 0.842. The number of nitrogens with one attached hydrogen (secondary N) is 1. The molecule has 0 aliphatic carbocycles. The number of aliphatic carboxylic acids is 1. The number of carboxylic acids is 1. The second-order valence-corrected chi connectivity index (χ2v) is 5.06. The summed E-state index contributed by atoms with van der Waals surface area (Å²) in [6.45, 7) is 7.75. The fourth-order valence-electron chi connectivity index (χ4n) is 1.86. The molecule has 0 aliphatic heterocycles. The van der Waals surface area contributed by atoms with E-state index in [1.807, 2.05) is 26.0 Å². The number of aryl methyl sites for hydroxylation is 2. The van der Waals surface area contributed by atoms with Gasteiger partial charge in [-0.2, -0.15) is 0 Å². The zero-order chi connectivity index (χ0) is 13.9. The van der Waals surface area contributed by atoms with E-state index in [4.69, 9.17) is 9.84 Å². The summed E-state index contributed by atoms with van der Waals surface area (Å²) in [5, 5.41) is 12.1. The first kappa shape index (κ1) is 14.5. The van der Waals surface area contributed by atoms with E-state index < -0.39 is 11.5 Å². The zero-order valence-corrected chi connectivity index (χ0v) is 11.6. The van der Waals surface area contributed by atoms with Gasteiger partial charge in [-0.05, 0) is 33.3 Å². The summed E-state index contributed by atoms with van der Waals surface area (Å²) in [7, 11) is 1.63. The van der Waals surface area contributed by atoms with Crippen LogP contribution < -0.4 is 10.1 Å². The molecule has 1 rings (SSSR count). The maximum Gasteiger partial charge on any atom is 0.323 e. The van der Waals surface area contributed by atoms with Crippen molar-refractivity contribution in [3.63, 3.8) is 0 Å². The van der Waals surface area contributed by atoms with Gasteiger partial charge >= 0.3 is 5.97 Å². The Labute approximate surface area is 108 Å². The Bertz CT molecular complexity index is 453. The summed E-state index contributed by atoms with van der Waals surface area (Å²) >= 11 is 0. The van der Waals surface area contributed by atoms with Crippen molar-refractivity contribution >= 4 is 5.97 Å². The molecule has 0 saturated carbocycles. The molecule has 100 valence electrons. The molecule has 0 aromatic heterocycles. The van der Waals surface area contributed by atoms with E-state index in [9.17, 15) is 4.79 Å². The lowest BCUT2D eigenvalue weighted by atomic mass is 10.0. The molecule has 18 heavy (non-hydrogen) atoms. The van der Waals surface area contributed by atoms with Crippen LogP contribution in [0.25, 0.3) is 0 Å². The van der Waals surface area contributed by atoms with E-state index >= 15 is 0 Å². The summed E-state index contributed by atoms with van der Waals surface area (Å²) in [4.78, 5) is 11.0. The Kier molecular flexibility index (Phi) is 4.35. The monoisotopic (exact) mass is 251 g/mol. The number of benzene rings is 1. The highest BCUT2D eigenvalue weighted by molar-refractivity contribution is 5.77. The molecule has 4 nitrogen and oxygen atoms in total. The van der Waals surface area contributed by atoms with Crippen molar-refractivity contribution in [2.24, 2.45) is 0 Å². The topological polar surface area (TPSA) is 58.6 Å². The summed E-state index contributed by atoms with van der Waals surface area (Å²) in [6.07, 6.45) is 0. The van der Waals surface area contributed by atoms with Crippen LogP contribution in [0, 0.1) is 13.8 Å². The molecule has 1 aromatic rings. The minimum atomic E-state index is -0.956. The maximum atomic E-state index is 11.0. The average molecular weight is 251 g/mol. The van der Waals surface area contributed by atoms with Crippen molar-refractivity contribution in [1.29, 1.82) is 0 Å². The van der Waals surface area contributed by atoms with Crippen molar-refractivity contribution in [3.8, 4) is 5.75 Å². The number of hydrogen-bond donors (Lipinski definition) is 2. The molecule has 0 aliphatic rings. The Morgan fingerprint density at radius 1 is 1.39 bits per heavy atom. The number of hydrogen-bond acceptors (Lipinski definition) is 3. The predicted octanol–water partition coefficient (Wildman–Crippen LogP) is 2.26. The third-order valence-electron chi connectivity index (χ3n) is 2.96. The van der Waals surface area contributed by atoms with E-state index in [1.165, 1.54) is 0 Å². The fourth-order valence-corrected chi connectivity index (χ4v) is 1.86. The van der Waals surface area contributed by atoms with Crippen molar-refractivity contribution in [1.82, 2.24) is 5.32 Å². The summed E-state index contributed by atoms with van der Waals surface area (Å²) in [6, 6.07) is 4.06. The van der Waals surface area contributed by atoms with Crippen molar-refractivity contribution in [2.45, 2.75) is 39.8 Å². The SMILES string of the molecule is COc1c(C)cc(C)cc1CNC(C)(C)C(=O)O. The van der Waals surface area contributed by atoms with E-state index in [0.29, 0.717) is 6.54 Å². The van der Waals surface area contributed by atoms with Crippen LogP contribution in [-0.2, 0) is 11.3 Å². The molecule has 0 radical (unpaired) electrons. The van der Waals surface area contributed by atoms with E-state index in [2.05, 4.69) is 5.32 Å². The molecule has 0 saturated heterocycles. The van der Waals surface area contributed by atoms with Crippen LogP contribution in [0.15, 0.2) is 12.1 Å². The summed E-state index contributed by atoms with van der Waals surface area (Å²) in [5.74, 6) is -0.0554. The maximum absolute atomic E-state index is 11.0. The van der Waals surface area contributed by atoms with Gasteiger partial charge in [-0.3, -0.25) is 10.1 Å². The van der Waals surface area contributed by atoms with Crippen LogP contribution in [0.1, 0.15) is 30.5 Å². The van der Waals surface area contributed by atoms with E-state index in [0.717, 1.165) is 22.4 Å². The lowest BCUT2D eigenvalue weighted by molar-refractivity contribution is -0.143. The lowest BCUT2D eigenvalue weighted by Crippen LogP contribution is -2.46. The fraction of sp³-hybridized carbons (Fsp3) is 0.500. The molecular weight excluding hydrogens is 230 g/mol. The van der Waals surface area contributed by atoms with Gasteiger partial charge in [0.2, 0.25) is 0 Å². The van der Waals surface area contributed by atoms with Crippen LogP contribution >= 0.6 is 0 Å². The average Bonchev–Trinajstić information content (AvgIpc) is 2.25. The molecule has 0 heterocycles. The number of ether oxygens (including phenoxy) is 1. The molecule has 0 spiro atoms. The van der Waals surface area contributed by atoms with Crippen molar-refractivity contribution < 1.29 is 14.6 Å². The van der Waals surface area contributed by atoms with Crippen LogP contribution in [0.3, 0.4) is 0 Å². The smallest absolute Gasteiger partial charge is 0.323 e. The second-order valence-electron chi connectivity index (χ2n) is 5.06. The molecule has 0 atom stereocenters. The molecule has 2 N–H and O–H groups in total. The highest BCUT2D eigenvalue weighted by Gasteiger charge is 2.26. The van der Waals surface area contributed by atoms with Gasteiger partial charge in [-0.25, -0.2) is 0 Å². The molecular formula is C14H21NO3. The third kappa shape index (κ3) is 3.23. The van der Waals surface area contributed by atoms with Crippen molar-refractivity contribution in [3.05, 3.63) is 28.8 Å². The van der Waals surface area contributed by atoms with Gasteiger partial charge in [0.1, 0.15) is 11.3 Å². The Balaban J connectivity index is 2.94. The minimum Gasteiger partial charge on any atom is -0.496 e. The third-order valence-corrected chi connectivity index (χ3v) is 2.96. The van der Waals surface area contributed by atoms with Gasteiger partial charge in [-0.1, -0.05) is 17.7 Å². The molecule has 0 fully saturated rings. The van der Waals surface area contributed by atoms with Crippen LogP contribution in [-0.4, -0.2) is 23.7 Å². The first-order valence-electron chi connectivity index (χ1n) is 5.90. The molecule has 0 amide bonds. The summed E-state index contributed by atoms with van der Waals surface area (Å²) < 4.78 is 5.37. The first-order valence-corrected chi connectivity index (χ1v) is 5.90. The highest BCUT2D eigenvalue weighted by Crippen LogP contribution is 2.25. The Hall–Kier alpha value is -1.55. The predicted molar refractivity (Wildman–Crippen MR) is 71.0 cm³/mol. The number of carbonyl (C=O) groups is 1. The molecule has 1 aromatic carbocycles. The van der Waals surface area contributed by atoms with E-state index in [-0.39, 0.29) is 0 Å². The highest BCUT2D eigenvalue weighted by atomic mass is 16.5. The largest absolute Gasteiger partial charge is 0.496 e. The number of rotatable bonds is 5. The van der Waals surface area contributed by atoms with Crippen LogP contribution in [0.4, 0.5) is 0 Å². The Morgan fingerprint density at radius 3 is 2.50 bits per heavy atom. The lowest BCUT2D eigenvalue weighted by Gasteiger charge is -2.22. The molecule has 0 bridgehead atoms. The Morgan fingerprint density at radius 2 is 2.00 bits per heavy atom. The minimum absolute atomic E-state index is 0.463. The first-order chi connectivity index (χ1) is 8.27. The van der Waals surface area contributed by atoms with Gasteiger partial charge in [0.05, 0.1) is 7.11 Å². The second kappa shape index (κ2) is 5.40. The number of methoxy groups -OCH3 is 1. The molecule has 0 unspecified atom stereocenters. The van der Waals surface area contributed by atoms with Crippen LogP contribution in [0.2, 0.25) is 0 Å².